The molecule has 4 heterocycles. The molecule has 1 atom stereocenters. The van der Waals surface area contributed by atoms with Crippen LogP contribution < -0.4 is 15.1 Å². The molecule has 2 aromatic heterocycles. The zero-order valence-corrected chi connectivity index (χ0v) is 17.2. The molecule has 2 aliphatic heterocycles. The van der Waals surface area contributed by atoms with Gasteiger partial charge in [-0.3, -0.25) is 10.2 Å². The van der Waals surface area contributed by atoms with Crippen LogP contribution in [0.3, 0.4) is 0 Å². The Morgan fingerprint density at radius 2 is 2.00 bits per heavy atom. The van der Waals surface area contributed by atoms with E-state index in [1.807, 2.05) is 6.92 Å². The van der Waals surface area contributed by atoms with Gasteiger partial charge in [-0.25, -0.2) is 14.8 Å². The molecular weight excluding hydrogens is 419 g/mol. The molecule has 9 heteroatoms. The van der Waals surface area contributed by atoms with Gasteiger partial charge in [-0.15, -0.1) is 0 Å². The lowest BCUT2D eigenvalue weighted by Crippen LogP contribution is -2.48. The Morgan fingerprint density at radius 3 is 2.75 bits per heavy atom. The number of carbonyl (C=O) groups is 1. The minimum Gasteiger partial charge on any atom is -0.366 e. The standard InChI is InChI=1S/C23H20F3N5O/c1-14-11-18(15-5-4-6-16(12-15)23(24,25)26)28-21-20(14)30-10-8-17(13-30)31(21)22(32)29-19-7-2-3-9-27-19/h2-7,9,11-12,17H,8,10,13H2,1H3,(H,27,29,32)/t17-/m0/s1. The summed E-state index contributed by atoms with van der Waals surface area (Å²) in [4.78, 5) is 25.9. The van der Waals surface area contributed by atoms with Crippen LogP contribution in [0.4, 0.5) is 35.3 Å². The van der Waals surface area contributed by atoms with Crippen LogP contribution in [-0.4, -0.2) is 35.1 Å². The van der Waals surface area contributed by atoms with Crippen molar-refractivity contribution in [1.29, 1.82) is 0 Å². The quantitative estimate of drug-likeness (QED) is 0.604. The summed E-state index contributed by atoms with van der Waals surface area (Å²) in [7, 11) is 0. The molecule has 1 N–H and O–H groups in total. The number of hydrogen-bond acceptors (Lipinski definition) is 4. The summed E-state index contributed by atoms with van der Waals surface area (Å²) >= 11 is 0. The van der Waals surface area contributed by atoms with Crippen molar-refractivity contribution in [2.24, 2.45) is 0 Å². The van der Waals surface area contributed by atoms with E-state index in [9.17, 15) is 18.0 Å². The van der Waals surface area contributed by atoms with Crippen molar-refractivity contribution < 1.29 is 18.0 Å². The van der Waals surface area contributed by atoms with Crippen LogP contribution in [0.1, 0.15) is 17.5 Å². The van der Waals surface area contributed by atoms with Gasteiger partial charge in [-0.2, -0.15) is 13.2 Å². The van der Waals surface area contributed by atoms with Gasteiger partial charge in [0.25, 0.3) is 0 Å². The second-order valence-electron chi connectivity index (χ2n) is 7.98. The normalized spacial score (nSPS) is 17.3. The van der Waals surface area contributed by atoms with Gasteiger partial charge in [0.15, 0.2) is 5.82 Å². The van der Waals surface area contributed by atoms with E-state index in [2.05, 4.69) is 20.2 Å². The molecule has 2 bridgehead atoms. The lowest BCUT2D eigenvalue weighted by molar-refractivity contribution is -0.137. The van der Waals surface area contributed by atoms with E-state index in [0.717, 1.165) is 36.3 Å². The van der Waals surface area contributed by atoms with Gasteiger partial charge >= 0.3 is 12.2 Å². The van der Waals surface area contributed by atoms with Gasteiger partial charge in [0.2, 0.25) is 0 Å². The molecule has 6 nitrogen and oxygen atoms in total. The first kappa shape index (κ1) is 20.3. The monoisotopic (exact) mass is 439 g/mol. The molecule has 1 aromatic carbocycles. The molecule has 0 spiro atoms. The summed E-state index contributed by atoms with van der Waals surface area (Å²) in [6.45, 7) is 3.37. The second kappa shape index (κ2) is 7.51. The summed E-state index contributed by atoms with van der Waals surface area (Å²) in [5.74, 6) is 0.879. The third-order valence-electron chi connectivity index (χ3n) is 5.84. The Morgan fingerprint density at radius 1 is 1.16 bits per heavy atom. The van der Waals surface area contributed by atoms with Crippen LogP contribution in [0.2, 0.25) is 0 Å². The molecule has 1 saturated heterocycles. The molecule has 32 heavy (non-hydrogen) atoms. The molecule has 2 aliphatic rings. The van der Waals surface area contributed by atoms with Crippen molar-refractivity contribution in [3.05, 3.63) is 65.9 Å². The summed E-state index contributed by atoms with van der Waals surface area (Å²) in [6, 6.07) is 11.7. The molecule has 3 aromatic rings. The summed E-state index contributed by atoms with van der Waals surface area (Å²) in [6.07, 6.45) is -2.08. The maximum absolute atomic E-state index is 13.2. The van der Waals surface area contributed by atoms with E-state index < -0.39 is 11.7 Å². The highest BCUT2D eigenvalue weighted by atomic mass is 19.4. The fourth-order valence-corrected chi connectivity index (χ4v) is 4.41. The SMILES string of the molecule is Cc1cc(-c2cccc(C(F)(F)F)c2)nc2c1N1CC[C@@H](C1)N2C(=O)Nc1ccccn1. The average molecular weight is 439 g/mol. The van der Waals surface area contributed by atoms with Gasteiger partial charge in [-0.1, -0.05) is 18.2 Å². The van der Waals surface area contributed by atoms with Crippen LogP contribution in [0.15, 0.2) is 54.7 Å². The number of halogens is 3. The highest BCUT2D eigenvalue weighted by Crippen LogP contribution is 2.43. The van der Waals surface area contributed by atoms with E-state index in [-0.39, 0.29) is 12.1 Å². The Bertz CT molecular complexity index is 1180. The minimum absolute atomic E-state index is 0.0742. The number of anilines is 3. The molecule has 2 amide bonds. The van der Waals surface area contributed by atoms with E-state index in [4.69, 9.17) is 0 Å². The smallest absolute Gasteiger partial charge is 0.366 e. The number of alkyl halides is 3. The highest BCUT2D eigenvalue weighted by Gasteiger charge is 2.41. The lowest BCUT2D eigenvalue weighted by atomic mass is 10.0. The Labute approximate surface area is 182 Å². The first-order chi connectivity index (χ1) is 15.3. The van der Waals surface area contributed by atoms with E-state index in [1.165, 1.54) is 6.07 Å². The Hall–Kier alpha value is -3.62. The van der Waals surface area contributed by atoms with Crippen molar-refractivity contribution in [1.82, 2.24) is 9.97 Å². The van der Waals surface area contributed by atoms with Crippen molar-refractivity contribution in [2.45, 2.75) is 25.6 Å². The number of rotatable bonds is 2. The van der Waals surface area contributed by atoms with E-state index in [1.54, 1.807) is 41.4 Å². The van der Waals surface area contributed by atoms with Gasteiger partial charge in [-0.05, 0) is 49.2 Å². The first-order valence-electron chi connectivity index (χ1n) is 10.3. The third-order valence-corrected chi connectivity index (χ3v) is 5.84. The molecule has 0 radical (unpaired) electrons. The summed E-state index contributed by atoms with van der Waals surface area (Å²) in [5.41, 5.74) is 1.71. The van der Waals surface area contributed by atoms with Crippen molar-refractivity contribution in [3.63, 3.8) is 0 Å². The number of aromatic nitrogens is 2. The topological polar surface area (TPSA) is 61.4 Å². The average Bonchev–Trinajstić information content (AvgIpc) is 3.17. The fourth-order valence-electron chi connectivity index (χ4n) is 4.41. The van der Waals surface area contributed by atoms with Gasteiger partial charge in [0.1, 0.15) is 5.82 Å². The van der Waals surface area contributed by atoms with Crippen LogP contribution >= 0.6 is 0 Å². The number of benzene rings is 1. The molecule has 1 fully saturated rings. The number of nitrogens with one attached hydrogen (secondary N) is 1. The van der Waals surface area contributed by atoms with Crippen molar-refractivity contribution in [3.8, 4) is 11.3 Å². The second-order valence-corrected chi connectivity index (χ2v) is 7.98. The fraction of sp³-hybridized carbons (Fsp3) is 0.261. The molecule has 5 rings (SSSR count). The minimum atomic E-state index is -4.45. The third kappa shape index (κ3) is 3.53. The summed E-state index contributed by atoms with van der Waals surface area (Å²) < 4.78 is 39.7. The zero-order chi connectivity index (χ0) is 22.5. The number of amides is 2. The predicted octanol–water partition coefficient (Wildman–Crippen LogP) is 5.10. The number of fused-ring (bicyclic) bond motifs is 4. The van der Waals surface area contributed by atoms with Crippen molar-refractivity contribution in [2.75, 3.05) is 28.2 Å². The number of pyridine rings is 2. The zero-order valence-electron chi connectivity index (χ0n) is 17.2. The molecule has 0 aliphatic carbocycles. The van der Waals surface area contributed by atoms with E-state index >= 15 is 0 Å². The van der Waals surface area contributed by atoms with Crippen LogP contribution in [0, 0.1) is 6.92 Å². The van der Waals surface area contributed by atoms with Crippen molar-refractivity contribution >= 4 is 23.4 Å². The number of aryl methyl sites for hydroxylation is 1. The number of nitrogens with zero attached hydrogens (tertiary/aromatic N) is 4. The number of hydrogen-bond donors (Lipinski definition) is 1. The number of carbonyl (C=O) groups excluding carboxylic acids is 1. The maximum atomic E-state index is 13.2. The van der Waals surface area contributed by atoms with Crippen LogP contribution in [-0.2, 0) is 6.18 Å². The maximum Gasteiger partial charge on any atom is 0.416 e. The number of urea groups is 1. The predicted molar refractivity (Wildman–Crippen MR) is 116 cm³/mol. The van der Waals surface area contributed by atoms with Crippen LogP contribution in [0.25, 0.3) is 11.3 Å². The van der Waals surface area contributed by atoms with Crippen LogP contribution in [0.5, 0.6) is 0 Å². The van der Waals surface area contributed by atoms with Gasteiger partial charge in [0.05, 0.1) is 23.0 Å². The van der Waals surface area contributed by atoms with E-state index in [0.29, 0.717) is 29.4 Å². The largest absolute Gasteiger partial charge is 0.416 e. The molecule has 0 unspecified atom stereocenters. The van der Waals surface area contributed by atoms with Gasteiger partial charge < -0.3 is 4.90 Å². The molecule has 164 valence electrons. The van der Waals surface area contributed by atoms with Gasteiger partial charge in [0, 0.05) is 24.8 Å². The molecular formula is C23H20F3N5O. The Balaban J connectivity index is 1.58. The lowest BCUT2D eigenvalue weighted by Gasteiger charge is -2.36. The molecule has 0 saturated carbocycles. The first-order valence-corrected chi connectivity index (χ1v) is 10.3. The summed E-state index contributed by atoms with van der Waals surface area (Å²) in [5, 5.41) is 2.81. The highest BCUT2D eigenvalue weighted by molar-refractivity contribution is 6.04. The Kier molecular flexibility index (Phi) is 4.76.